The van der Waals surface area contributed by atoms with Gasteiger partial charge in [-0.3, -0.25) is 0 Å². The van der Waals surface area contributed by atoms with Gasteiger partial charge in [0.05, 0.1) is 4.32 Å². The van der Waals surface area contributed by atoms with Crippen molar-refractivity contribution in [2.24, 2.45) is 17.8 Å². The van der Waals surface area contributed by atoms with E-state index in [4.69, 9.17) is 19.2 Å². The Morgan fingerprint density at radius 2 is 2.04 bits per heavy atom. The van der Waals surface area contributed by atoms with Crippen LogP contribution in [0.2, 0.25) is 0 Å². The van der Waals surface area contributed by atoms with Crippen molar-refractivity contribution < 1.29 is 19.2 Å². The minimum absolute atomic E-state index is 0.189. The normalized spacial score (nSPS) is 51.3. The van der Waals surface area contributed by atoms with Crippen LogP contribution in [0.25, 0.3) is 0 Å². The van der Waals surface area contributed by atoms with E-state index in [2.05, 4.69) is 40.1 Å². The summed E-state index contributed by atoms with van der Waals surface area (Å²) in [5.41, 5.74) is -0.589. The first kappa shape index (κ1) is 18.3. The third-order valence-electron chi connectivity index (χ3n) is 7.12. The van der Waals surface area contributed by atoms with Crippen LogP contribution in [0.3, 0.4) is 0 Å². The van der Waals surface area contributed by atoms with Crippen molar-refractivity contribution in [2.75, 3.05) is 5.32 Å². The van der Waals surface area contributed by atoms with Gasteiger partial charge in [0, 0.05) is 18.5 Å². The van der Waals surface area contributed by atoms with Gasteiger partial charge in [0.15, 0.2) is 11.9 Å². The van der Waals surface area contributed by atoms with Crippen molar-refractivity contribution in [1.82, 2.24) is 4.98 Å². The molecule has 8 atom stereocenters. The second kappa shape index (κ2) is 6.13. The lowest BCUT2D eigenvalue weighted by Crippen LogP contribution is -2.74. The summed E-state index contributed by atoms with van der Waals surface area (Å²) >= 11 is 4.01. The molecule has 6 nitrogen and oxygen atoms in total. The van der Waals surface area contributed by atoms with Crippen LogP contribution >= 0.6 is 15.9 Å². The Morgan fingerprint density at radius 3 is 2.81 bits per heavy atom. The van der Waals surface area contributed by atoms with Gasteiger partial charge in [-0.15, -0.1) is 0 Å². The molecule has 1 saturated carbocycles. The molecule has 1 aromatic heterocycles. The second-order valence-electron chi connectivity index (χ2n) is 8.88. The maximum Gasteiger partial charge on any atom is 0.201 e. The molecular weight excluding hydrogens is 412 g/mol. The number of nitrogens with one attached hydrogen (secondary N) is 1. The van der Waals surface area contributed by atoms with Crippen LogP contribution in [0.4, 0.5) is 5.82 Å². The van der Waals surface area contributed by atoms with Crippen LogP contribution in [-0.2, 0) is 19.2 Å². The van der Waals surface area contributed by atoms with E-state index < -0.39 is 17.7 Å². The van der Waals surface area contributed by atoms with Gasteiger partial charge >= 0.3 is 0 Å². The van der Waals surface area contributed by atoms with E-state index in [9.17, 15) is 0 Å². The highest BCUT2D eigenvalue weighted by molar-refractivity contribution is 9.10. The molecule has 4 aliphatic heterocycles. The first-order chi connectivity index (χ1) is 12.9. The second-order valence-corrected chi connectivity index (χ2v) is 10.6. The predicted molar refractivity (Wildman–Crippen MR) is 103 cm³/mol. The summed E-state index contributed by atoms with van der Waals surface area (Å²) in [6.07, 6.45) is 5.05. The molecule has 4 saturated heterocycles. The van der Waals surface area contributed by atoms with E-state index in [0.717, 1.165) is 25.1 Å². The van der Waals surface area contributed by atoms with Crippen LogP contribution in [0.5, 0.6) is 0 Å². The Hall–Kier alpha value is -0.730. The number of fused-ring (bicyclic) bond motifs is 2. The average molecular weight is 439 g/mol. The van der Waals surface area contributed by atoms with Crippen LogP contribution < -0.4 is 5.32 Å². The fourth-order valence-electron chi connectivity index (χ4n) is 5.64. The van der Waals surface area contributed by atoms with Gasteiger partial charge in [-0.05, 0) is 57.1 Å². The Balaban J connectivity index is 1.55. The minimum atomic E-state index is -0.757. The number of hydrogen-bond donors (Lipinski definition) is 1. The minimum Gasteiger partial charge on any atom is -0.344 e. The summed E-state index contributed by atoms with van der Waals surface area (Å²) in [5, 5.41) is 3.45. The summed E-state index contributed by atoms with van der Waals surface area (Å²) in [5.74, 6) is 1.11. The van der Waals surface area contributed by atoms with E-state index in [-0.39, 0.29) is 16.5 Å². The number of alkyl halides is 1. The Bertz CT molecular complexity index is 719. The number of nitrogens with zero attached hydrogens (tertiary/aromatic N) is 1. The highest BCUT2D eigenvalue weighted by Gasteiger charge is 2.72. The quantitative estimate of drug-likeness (QED) is 0.550. The number of rotatable bonds is 2. The molecule has 1 N–H and O–H groups in total. The van der Waals surface area contributed by atoms with E-state index in [1.54, 1.807) is 6.20 Å². The summed E-state index contributed by atoms with van der Waals surface area (Å²) in [6, 6.07) is 5.82. The predicted octanol–water partition coefficient (Wildman–Crippen LogP) is 4.22. The van der Waals surface area contributed by atoms with Crippen LogP contribution in [0, 0.1) is 17.8 Å². The zero-order chi connectivity index (χ0) is 18.9. The van der Waals surface area contributed by atoms with Crippen molar-refractivity contribution in [3.05, 3.63) is 24.4 Å². The standard InChI is InChI=1S/C20H27BrN2O4/c1-12-7-8-14-19(3,21)16(23-15-6-4-5-11-22-15)24-17-20(14)13(12)9-10-18(2,25-17)26-27-20/h4-6,11-14,16-17H,7-10H2,1-3H3,(H,22,23)/t12-,13+,14+,16+,17-,18+,19+,20-/m1/s1. The highest BCUT2D eigenvalue weighted by atomic mass is 79.9. The van der Waals surface area contributed by atoms with Crippen LogP contribution in [0.1, 0.15) is 46.5 Å². The number of pyridine rings is 1. The van der Waals surface area contributed by atoms with Crippen LogP contribution in [-0.4, -0.2) is 33.2 Å². The van der Waals surface area contributed by atoms with Crippen molar-refractivity contribution in [3.8, 4) is 0 Å². The summed E-state index contributed by atoms with van der Waals surface area (Å²) in [6.45, 7) is 6.45. The topological polar surface area (TPSA) is 61.8 Å². The molecule has 5 aliphatic rings. The molecule has 0 amide bonds. The first-order valence-electron chi connectivity index (χ1n) is 9.92. The van der Waals surface area contributed by atoms with Gasteiger partial charge in [-0.25, -0.2) is 14.8 Å². The third kappa shape index (κ3) is 2.62. The van der Waals surface area contributed by atoms with Crippen molar-refractivity contribution in [3.63, 3.8) is 0 Å². The molecule has 0 unspecified atom stereocenters. The monoisotopic (exact) mass is 438 g/mol. The number of halogens is 1. The molecule has 0 radical (unpaired) electrons. The summed E-state index contributed by atoms with van der Waals surface area (Å²) < 4.78 is 12.6. The summed E-state index contributed by atoms with van der Waals surface area (Å²) in [7, 11) is 0. The van der Waals surface area contributed by atoms with Gasteiger partial charge < -0.3 is 14.8 Å². The van der Waals surface area contributed by atoms with E-state index in [0.29, 0.717) is 11.8 Å². The zero-order valence-electron chi connectivity index (χ0n) is 16.0. The SMILES string of the molecule is C[C@@H]1CC[C@H]2[C@](C)(Br)[C@@H](Nc3ccccn3)O[C@@H]3O[C@]4(C)CC[C@@H]1[C@]32OO4. The van der Waals surface area contributed by atoms with Crippen molar-refractivity contribution in [1.29, 1.82) is 0 Å². The van der Waals surface area contributed by atoms with Crippen LogP contribution in [0.15, 0.2) is 24.4 Å². The smallest absolute Gasteiger partial charge is 0.201 e. The Kier molecular flexibility index (Phi) is 4.16. The van der Waals surface area contributed by atoms with Gasteiger partial charge in [-0.1, -0.05) is 28.9 Å². The zero-order valence-corrected chi connectivity index (χ0v) is 17.6. The van der Waals surface area contributed by atoms with Gasteiger partial charge in [-0.2, -0.15) is 0 Å². The molecule has 1 spiro atoms. The summed E-state index contributed by atoms with van der Waals surface area (Å²) in [4.78, 5) is 16.5. The molecule has 5 heterocycles. The Labute approximate surface area is 168 Å². The molecule has 0 aromatic carbocycles. The number of ether oxygens (including phenoxy) is 2. The van der Waals surface area contributed by atoms with Gasteiger partial charge in [0.25, 0.3) is 0 Å². The molecule has 7 heteroatoms. The fraction of sp³-hybridized carbons (Fsp3) is 0.750. The van der Waals surface area contributed by atoms with Crippen molar-refractivity contribution in [2.45, 2.75) is 74.7 Å². The van der Waals surface area contributed by atoms with Gasteiger partial charge in [0.2, 0.25) is 5.79 Å². The molecular formula is C20H27BrN2O4. The molecule has 1 aromatic rings. The lowest BCUT2D eigenvalue weighted by molar-refractivity contribution is -0.568. The maximum atomic E-state index is 6.54. The van der Waals surface area contributed by atoms with Crippen molar-refractivity contribution >= 4 is 21.7 Å². The largest absolute Gasteiger partial charge is 0.344 e. The molecule has 27 heavy (non-hydrogen) atoms. The lowest BCUT2D eigenvalue weighted by Gasteiger charge is -2.62. The van der Waals surface area contributed by atoms with E-state index >= 15 is 0 Å². The fourth-order valence-corrected chi connectivity index (χ4v) is 6.45. The number of aromatic nitrogens is 1. The third-order valence-corrected chi connectivity index (χ3v) is 8.08. The maximum absolute atomic E-state index is 6.54. The molecule has 5 fully saturated rings. The lowest BCUT2D eigenvalue weighted by atomic mass is 9.58. The molecule has 1 aliphatic carbocycles. The molecule has 148 valence electrons. The first-order valence-corrected chi connectivity index (χ1v) is 10.7. The number of anilines is 1. The average Bonchev–Trinajstić information content (AvgIpc) is 2.86. The molecule has 6 rings (SSSR count). The highest BCUT2D eigenvalue weighted by Crippen LogP contribution is 2.63. The van der Waals surface area contributed by atoms with E-state index in [1.807, 2.05) is 25.1 Å². The van der Waals surface area contributed by atoms with E-state index in [1.165, 1.54) is 6.42 Å². The Morgan fingerprint density at radius 1 is 1.19 bits per heavy atom. The van der Waals surface area contributed by atoms with Gasteiger partial charge in [0.1, 0.15) is 12.0 Å². The molecule has 2 bridgehead atoms. The number of hydrogen-bond acceptors (Lipinski definition) is 6.